The van der Waals surface area contributed by atoms with Crippen LogP contribution in [0.2, 0.25) is 0 Å². The highest BCUT2D eigenvalue weighted by atomic mass is 32.2. The topological polar surface area (TPSA) is 81.7 Å². The van der Waals surface area contributed by atoms with Crippen LogP contribution in [0, 0.1) is 11.8 Å². The Morgan fingerprint density at radius 1 is 1.14 bits per heavy atom. The highest BCUT2D eigenvalue weighted by Gasteiger charge is 2.39. The van der Waals surface area contributed by atoms with Gasteiger partial charge in [-0.05, 0) is 80.4 Å². The molecule has 0 heterocycles. The number of sulfonamides is 1. The van der Waals surface area contributed by atoms with Gasteiger partial charge in [0.25, 0.3) is 5.91 Å². The average molecular weight is 420 g/mol. The SMILES string of the molecule is COc1ccc([C@H]2C[C@@H]3CC(C(=O)NS(C)(=O)=O)=C[C@@H]3C2)cc1OC1CCCC1. The molecule has 0 aromatic heterocycles. The maximum Gasteiger partial charge on any atom is 0.260 e. The van der Waals surface area contributed by atoms with Gasteiger partial charge in [-0.15, -0.1) is 0 Å². The van der Waals surface area contributed by atoms with Crippen molar-refractivity contribution >= 4 is 15.9 Å². The van der Waals surface area contributed by atoms with Gasteiger partial charge in [-0.2, -0.15) is 0 Å². The number of benzene rings is 1. The second kappa shape index (κ2) is 8.01. The molecular formula is C22H29NO5S. The molecule has 0 bridgehead atoms. The van der Waals surface area contributed by atoms with E-state index in [1.807, 2.05) is 12.1 Å². The summed E-state index contributed by atoms with van der Waals surface area (Å²) in [6.07, 6.45) is 10.5. The molecule has 0 unspecified atom stereocenters. The first-order valence-electron chi connectivity index (χ1n) is 10.4. The fourth-order valence-electron chi connectivity index (χ4n) is 5.10. The molecule has 158 valence electrons. The molecule has 3 aliphatic carbocycles. The van der Waals surface area contributed by atoms with Gasteiger partial charge in [-0.1, -0.05) is 12.1 Å². The normalized spacial score (nSPS) is 26.8. The summed E-state index contributed by atoms with van der Waals surface area (Å²) in [5.74, 6) is 2.26. The van der Waals surface area contributed by atoms with E-state index in [9.17, 15) is 13.2 Å². The third-order valence-electron chi connectivity index (χ3n) is 6.47. The molecule has 0 radical (unpaired) electrons. The van der Waals surface area contributed by atoms with Crippen LogP contribution in [-0.4, -0.2) is 33.8 Å². The highest BCUT2D eigenvalue weighted by molar-refractivity contribution is 7.89. The van der Waals surface area contributed by atoms with Crippen LogP contribution in [0.5, 0.6) is 11.5 Å². The first-order chi connectivity index (χ1) is 13.8. The highest BCUT2D eigenvalue weighted by Crippen LogP contribution is 2.50. The van der Waals surface area contributed by atoms with Gasteiger partial charge >= 0.3 is 0 Å². The summed E-state index contributed by atoms with van der Waals surface area (Å²) in [6, 6.07) is 6.24. The van der Waals surface area contributed by atoms with Crippen LogP contribution in [-0.2, 0) is 14.8 Å². The van der Waals surface area contributed by atoms with Crippen LogP contribution in [0.1, 0.15) is 56.4 Å². The Morgan fingerprint density at radius 2 is 1.90 bits per heavy atom. The molecule has 1 amide bonds. The average Bonchev–Trinajstić information content (AvgIpc) is 3.36. The molecule has 6 nitrogen and oxygen atoms in total. The zero-order valence-electron chi connectivity index (χ0n) is 17.0. The van der Waals surface area contributed by atoms with E-state index in [1.54, 1.807) is 7.11 Å². The minimum Gasteiger partial charge on any atom is -0.493 e. The summed E-state index contributed by atoms with van der Waals surface area (Å²) in [7, 11) is -1.85. The molecule has 29 heavy (non-hydrogen) atoms. The van der Waals surface area contributed by atoms with Crippen molar-refractivity contribution in [3.8, 4) is 11.5 Å². The molecule has 1 aromatic carbocycles. The number of hydrogen-bond donors (Lipinski definition) is 1. The molecular weight excluding hydrogens is 390 g/mol. The Balaban J connectivity index is 1.45. The second-order valence-electron chi connectivity index (χ2n) is 8.63. The van der Waals surface area contributed by atoms with Crippen molar-refractivity contribution < 1.29 is 22.7 Å². The van der Waals surface area contributed by atoms with Gasteiger partial charge in [0.05, 0.1) is 19.5 Å². The molecule has 3 atom stereocenters. The third kappa shape index (κ3) is 4.60. The number of nitrogens with one attached hydrogen (secondary N) is 1. The van der Waals surface area contributed by atoms with Gasteiger partial charge in [0.2, 0.25) is 10.0 Å². The predicted molar refractivity (Wildman–Crippen MR) is 111 cm³/mol. The molecule has 2 fully saturated rings. The first kappa shape index (κ1) is 20.3. The van der Waals surface area contributed by atoms with Gasteiger partial charge in [0, 0.05) is 5.57 Å². The Bertz CT molecular complexity index is 917. The summed E-state index contributed by atoms with van der Waals surface area (Å²) >= 11 is 0. The van der Waals surface area contributed by atoms with Gasteiger partial charge in [0.1, 0.15) is 0 Å². The van der Waals surface area contributed by atoms with Crippen molar-refractivity contribution in [2.75, 3.05) is 13.4 Å². The van der Waals surface area contributed by atoms with Crippen LogP contribution in [0.15, 0.2) is 29.8 Å². The fraction of sp³-hybridized carbons (Fsp3) is 0.591. The minimum atomic E-state index is -3.53. The lowest BCUT2D eigenvalue weighted by Gasteiger charge is -2.19. The Kier molecular flexibility index (Phi) is 5.60. The molecule has 2 saturated carbocycles. The Morgan fingerprint density at radius 3 is 2.55 bits per heavy atom. The summed E-state index contributed by atoms with van der Waals surface area (Å²) in [6.45, 7) is 0. The number of rotatable bonds is 6. The van der Waals surface area contributed by atoms with E-state index in [2.05, 4.69) is 16.9 Å². The number of carbonyl (C=O) groups excluding carboxylic acids is 1. The number of allylic oxidation sites excluding steroid dienone is 1. The number of methoxy groups -OCH3 is 1. The summed E-state index contributed by atoms with van der Waals surface area (Å²) in [5.41, 5.74) is 1.85. The lowest BCUT2D eigenvalue weighted by Crippen LogP contribution is -2.30. The van der Waals surface area contributed by atoms with Gasteiger partial charge in [0.15, 0.2) is 11.5 Å². The van der Waals surface area contributed by atoms with Crippen LogP contribution >= 0.6 is 0 Å². The van der Waals surface area contributed by atoms with E-state index in [0.717, 1.165) is 43.4 Å². The number of fused-ring (bicyclic) bond motifs is 1. The molecule has 0 spiro atoms. The number of ether oxygens (including phenoxy) is 2. The van der Waals surface area contributed by atoms with E-state index < -0.39 is 15.9 Å². The van der Waals surface area contributed by atoms with Crippen molar-refractivity contribution in [3.05, 3.63) is 35.4 Å². The van der Waals surface area contributed by atoms with E-state index in [1.165, 1.54) is 18.4 Å². The second-order valence-corrected chi connectivity index (χ2v) is 10.4. The van der Waals surface area contributed by atoms with E-state index in [4.69, 9.17) is 9.47 Å². The number of carbonyl (C=O) groups is 1. The molecule has 4 rings (SSSR count). The van der Waals surface area contributed by atoms with E-state index >= 15 is 0 Å². The Hall–Kier alpha value is -2.02. The van der Waals surface area contributed by atoms with Crippen molar-refractivity contribution in [1.82, 2.24) is 4.72 Å². The maximum absolute atomic E-state index is 12.1. The minimum absolute atomic E-state index is 0.279. The van der Waals surface area contributed by atoms with Gasteiger partial charge in [-0.3, -0.25) is 4.79 Å². The standard InChI is InChI=1S/C22H29NO5S/c1-27-20-8-7-14(13-21(20)28-19-5-3-4-6-19)15-9-16-11-18(12-17(16)10-15)22(24)23-29(2,25)26/h7-8,11,13,15-17,19H,3-6,9-10,12H2,1-2H3,(H,23,24)/t15-,16+,17-/m1/s1. The zero-order valence-corrected chi connectivity index (χ0v) is 17.8. The van der Waals surface area contributed by atoms with Crippen LogP contribution in [0.4, 0.5) is 0 Å². The molecule has 7 heteroatoms. The largest absolute Gasteiger partial charge is 0.493 e. The summed E-state index contributed by atoms with van der Waals surface area (Å²) in [5, 5.41) is 0. The van der Waals surface area contributed by atoms with E-state index in [0.29, 0.717) is 29.7 Å². The molecule has 0 aliphatic heterocycles. The maximum atomic E-state index is 12.1. The van der Waals surface area contributed by atoms with Crippen LogP contribution in [0.25, 0.3) is 0 Å². The van der Waals surface area contributed by atoms with Crippen LogP contribution < -0.4 is 14.2 Å². The van der Waals surface area contributed by atoms with Gasteiger partial charge < -0.3 is 9.47 Å². The third-order valence-corrected chi connectivity index (χ3v) is 7.03. The lowest BCUT2D eigenvalue weighted by atomic mass is 9.94. The zero-order chi connectivity index (χ0) is 20.6. The molecule has 3 aliphatic rings. The van der Waals surface area contributed by atoms with E-state index in [-0.39, 0.29) is 6.10 Å². The van der Waals surface area contributed by atoms with Crippen molar-refractivity contribution in [1.29, 1.82) is 0 Å². The smallest absolute Gasteiger partial charge is 0.260 e. The predicted octanol–water partition coefficient (Wildman–Crippen LogP) is 3.53. The quantitative estimate of drug-likeness (QED) is 0.763. The fourth-order valence-corrected chi connectivity index (χ4v) is 5.57. The summed E-state index contributed by atoms with van der Waals surface area (Å²) in [4.78, 5) is 12.1. The molecule has 1 N–H and O–H groups in total. The van der Waals surface area contributed by atoms with Crippen molar-refractivity contribution in [2.24, 2.45) is 11.8 Å². The van der Waals surface area contributed by atoms with Crippen molar-refractivity contribution in [3.63, 3.8) is 0 Å². The molecule has 0 saturated heterocycles. The van der Waals surface area contributed by atoms with Crippen LogP contribution in [0.3, 0.4) is 0 Å². The lowest BCUT2D eigenvalue weighted by molar-refractivity contribution is -0.115. The number of amides is 1. The number of hydrogen-bond acceptors (Lipinski definition) is 5. The first-order valence-corrected chi connectivity index (χ1v) is 12.3. The van der Waals surface area contributed by atoms with Crippen molar-refractivity contribution in [2.45, 2.75) is 57.0 Å². The molecule has 1 aromatic rings. The summed E-state index contributed by atoms with van der Waals surface area (Å²) < 4.78 is 36.4. The monoisotopic (exact) mass is 419 g/mol. The van der Waals surface area contributed by atoms with Gasteiger partial charge in [-0.25, -0.2) is 13.1 Å². The Labute approximate surface area is 172 Å².